The molecule has 5 nitrogen and oxygen atoms in total. The molecule has 0 saturated heterocycles. The normalized spacial score (nSPS) is 11.9. The Kier molecular flexibility index (Phi) is 6.11. The predicted molar refractivity (Wildman–Crippen MR) is 70.5 cm³/mol. The molecule has 20 heavy (non-hydrogen) atoms. The lowest BCUT2D eigenvalue weighted by Gasteiger charge is -2.24. The maximum Gasteiger partial charge on any atom is 0.323 e. The van der Waals surface area contributed by atoms with Crippen molar-refractivity contribution in [1.29, 1.82) is 0 Å². The highest BCUT2D eigenvalue weighted by molar-refractivity contribution is 5.84. The number of carbonyl (C=O) groups is 2. The number of nitrogens with zero attached hydrogens (tertiary/aromatic N) is 1. The average molecular weight is 283 g/mol. The van der Waals surface area contributed by atoms with Gasteiger partial charge in [0.05, 0.1) is 0 Å². The van der Waals surface area contributed by atoms with E-state index in [-0.39, 0.29) is 12.4 Å². The lowest BCUT2D eigenvalue weighted by atomic mass is 10.2. The highest BCUT2D eigenvalue weighted by Gasteiger charge is 2.23. The van der Waals surface area contributed by atoms with E-state index in [0.29, 0.717) is 12.2 Å². The molecule has 1 atom stereocenters. The number of hydrogen-bond donors (Lipinski definition) is 1. The largest absolute Gasteiger partial charge is 0.480 e. The number of carboxylic acids is 1. The van der Waals surface area contributed by atoms with Crippen molar-refractivity contribution >= 4 is 11.9 Å². The summed E-state index contributed by atoms with van der Waals surface area (Å²) in [6, 6.07) is 5.57. The summed E-state index contributed by atoms with van der Waals surface area (Å²) >= 11 is 0. The minimum Gasteiger partial charge on any atom is -0.480 e. The van der Waals surface area contributed by atoms with Gasteiger partial charge in [0.25, 0.3) is 5.91 Å². The molecule has 0 aliphatic rings. The van der Waals surface area contributed by atoms with Crippen molar-refractivity contribution in [2.45, 2.75) is 26.5 Å². The summed E-state index contributed by atoms with van der Waals surface area (Å²) in [5.41, 5.74) is 0.657. The van der Waals surface area contributed by atoms with Gasteiger partial charge in [0.1, 0.15) is 18.5 Å². The molecule has 0 fully saturated rings. The van der Waals surface area contributed by atoms with Crippen LogP contribution >= 0.6 is 0 Å². The molecule has 0 bridgehead atoms. The van der Waals surface area contributed by atoms with Gasteiger partial charge in [-0.3, -0.25) is 9.59 Å². The summed E-state index contributed by atoms with van der Waals surface area (Å²) in [6.45, 7) is 3.37. The molecule has 1 aromatic rings. The topological polar surface area (TPSA) is 66.8 Å². The Hall–Kier alpha value is -1.95. The van der Waals surface area contributed by atoms with E-state index in [9.17, 15) is 14.0 Å². The Labute approximate surface area is 117 Å². The minimum absolute atomic E-state index is 0.100. The molecule has 0 aliphatic heterocycles. The molecule has 0 aromatic heterocycles. The van der Waals surface area contributed by atoms with E-state index in [1.807, 2.05) is 0 Å². The Morgan fingerprint density at radius 1 is 1.35 bits per heavy atom. The zero-order valence-electron chi connectivity index (χ0n) is 11.5. The molecule has 1 unspecified atom stereocenters. The van der Waals surface area contributed by atoms with Crippen molar-refractivity contribution < 1.29 is 23.8 Å². The molecular weight excluding hydrogens is 265 g/mol. The van der Waals surface area contributed by atoms with E-state index in [1.54, 1.807) is 13.8 Å². The monoisotopic (exact) mass is 283 g/mol. The van der Waals surface area contributed by atoms with Gasteiger partial charge in [-0.25, -0.2) is 4.39 Å². The first-order valence-corrected chi connectivity index (χ1v) is 6.30. The van der Waals surface area contributed by atoms with Crippen LogP contribution in [0.1, 0.15) is 19.4 Å². The van der Waals surface area contributed by atoms with Gasteiger partial charge in [0, 0.05) is 13.2 Å². The number of ether oxygens (including phenoxy) is 1. The summed E-state index contributed by atoms with van der Waals surface area (Å²) < 4.78 is 18.0. The Morgan fingerprint density at radius 2 is 1.95 bits per heavy atom. The molecule has 110 valence electrons. The number of aliphatic carboxylic acids is 1. The summed E-state index contributed by atoms with van der Waals surface area (Å²) in [6.07, 6.45) is -0.709. The fraction of sp³-hybridized carbons (Fsp3) is 0.429. The van der Waals surface area contributed by atoms with E-state index in [1.165, 1.54) is 29.2 Å². The van der Waals surface area contributed by atoms with Gasteiger partial charge in [-0.05, 0) is 31.5 Å². The Morgan fingerprint density at radius 3 is 2.45 bits per heavy atom. The van der Waals surface area contributed by atoms with Gasteiger partial charge in [-0.1, -0.05) is 12.1 Å². The molecule has 6 heteroatoms. The number of amides is 1. The molecular formula is C14H18FNO4. The second kappa shape index (κ2) is 7.59. The van der Waals surface area contributed by atoms with Gasteiger partial charge < -0.3 is 14.7 Å². The summed E-state index contributed by atoms with van der Waals surface area (Å²) in [4.78, 5) is 24.1. The van der Waals surface area contributed by atoms with Crippen LogP contribution in [0.2, 0.25) is 0 Å². The van der Waals surface area contributed by atoms with Crippen molar-refractivity contribution in [3.63, 3.8) is 0 Å². The van der Waals surface area contributed by atoms with Crippen LogP contribution < -0.4 is 0 Å². The zero-order chi connectivity index (χ0) is 15.1. The van der Waals surface area contributed by atoms with Crippen molar-refractivity contribution in [1.82, 2.24) is 4.90 Å². The number of halogens is 1. The minimum atomic E-state index is -1.11. The van der Waals surface area contributed by atoms with E-state index >= 15 is 0 Å². The van der Waals surface area contributed by atoms with E-state index in [2.05, 4.69) is 0 Å². The van der Waals surface area contributed by atoms with Crippen LogP contribution in [-0.4, -0.2) is 41.1 Å². The molecule has 1 N–H and O–H groups in total. The first-order valence-electron chi connectivity index (χ1n) is 6.30. The fourth-order valence-electron chi connectivity index (χ4n) is 1.76. The number of carboxylic acid groups (broad SMARTS) is 1. The smallest absolute Gasteiger partial charge is 0.323 e. The van der Waals surface area contributed by atoms with Crippen molar-refractivity contribution in [2.24, 2.45) is 0 Å². The third kappa shape index (κ3) is 4.97. The van der Waals surface area contributed by atoms with Gasteiger partial charge in [0.2, 0.25) is 0 Å². The Bertz CT molecular complexity index is 461. The highest BCUT2D eigenvalue weighted by Crippen LogP contribution is 2.09. The predicted octanol–water partition coefficient (Wildman–Crippen LogP) is 1.66. The lowest BCUT2D eigenvalue weighted by Crippen LogP contribution is -2.41. The maximum absolute atomic E-state index is 12.8. The van der Waals surface area contributed by atoms with E-state index in [4.69, 9.17) is 9.84 Å². The van der Waals surface area contributed by atoms with Crippen LogP contribution in [-0.2, 0) is 20.9 Å². The van der Waals surface area contributed by atoms with Crippen LogP contribution in [0, 0.1) is 5.82 Å². The summed E-state index contributed by atoms with van der Waals surface area (Å²) in [5, 5.41) is 8.87. The van der Waals surface area contributed by atoms with Crippen LogP contribution in [0.5, 0.6) is 0 Å². The van der Waals surface area contributed by atoms with Crippen molar-refractivity contribution in [3.8, 4) is 0 Å². The number of rotatable bonds is 7. The highest BCUT2D eigenvalue weighted by atomic mass is 19.1. The van der Waals surface area contributed by atoms with Gasteiger partial charge in [0.15, 0.2) is 0 Å². The molecule has 0 heterocycles. The zero-order valence-corrected chi connectivity index (χ0v) is 11.5. The molecule has 1 amide bonds. The number of benzene rings is 1. The van der Waals surface area contributed by atoms with Crippen molar-refractivity contribution in [2.75, 3.05) is 13.2 Å². The fourth-order valence-corrected chi connectivity index (χ4v) is 1.76. The van der Waals surface area contributed by atoms with Crippen molar-refractivity contribution in [3.05, 3.63) is 35.6 Å². The first-order chi connectivity index (χ1) is 9.43. The maximum atomic E-state index is 12.8. The van der Waals surface area contributed by atoms with E-state index < -0.39 is 24.5 Å². The standard InChI is InChI=1S/C14H18FNO4/c1-3-20-10(2)14(19)16(9-13(17)18)8-11-4-6-12(15)7-5-11/h4-7,10H,3,8-9H2,1-2H3,(H,17,18). The third-order valence-corrected chi connectivity index (χ3v) is 2.69. The average Bonchev–Trinajstić information content (AvgIpc) is 2.39. The van der Waals surface area contributed by atoms with Crippen LogP contribution in [0.25, 0.3) is 0 Å². The quantitative estimate of drug-likeness (QED) is 0.826. The first kappa shape index (κ1) is 16.1. The number of hydrogen-bond acceptors (Lipinski definition) is 3. The van der Waals surface area contributed by atoms with Crippen LogP contribution in [0.15, 0.2) is 24.3 Å². The molecule has 0 radical (unpaired) electrons. The SMILES string of the molecule is CCOC(C)C(=O)N(CC(=O)O)Cc1ccc(F)cc1. The molecule has 0 aliphatic carbocycles. The van der Waals surface area contributed by atoms with Gasteiger partial charge in [-0.2, -0.15) is 0 Å². The molecule has 1 aromatic carbocycles. The van der Waals surface area contributed by atoms with Gasteiger partial charge in [-0.15, -0.1) is 0 Å². The molecule has 0 spiro atoms. The Balaban J connectivity index is 2.80. The lowest BCUT2D eigenvalue weighted by molar-refractivity contribution is -0.150. The van der Waals surface area contributed by atoms with Gasteiger partial charge >= 0.3 is 5.97 Å². The van der Waals surface area contributed by atoms with Crippen LogP contribution in [0.3, 0.4) is 0 Å². The van der Waals surface area contributed by atoms with E-state index in [0.717, 1.165) is 0 Å². The number of carbonyl (C=O) groups excluding carboxylic acids is 1. The third-order valence-electron chi connectivity index (χ3n) is 2.69. The second-order valence-corrected chi connectivity index (χ2v) is 4.31. The second-order valence-electron chi connectivity index (χ2n) is 4.31. The molecule has 1 rings (SSSR count). The van der Waals surface area contributed by atoms with Crippen LogP contribution in [0.4, 0.5) is 4.39 Å². The molecule has 0 saturated carbocycles. The summed E-state index contributed by atoms with van der Waals surface area (Å²) in [5.74, 6) is -1.89. The summed E-state index contributed by atoms with van der Waals surface area (Å²) in [7, 11) is 0.